The summed E-state index contributed by atoms with van der Waals surface area (Å²) in [5.41, 5.74) is -0.814. The first-order valence-corrected chi connectivity index (χ1v) is 11.6. The second-order valence-corrected chi connectivity index (χ2v) is 10.6. The molecular formula is C18H22Cl2N4O4S. The summed E-state index contributed by atoms with van der Waals surface area (Å²) in [6.45, 7) is 3.19. The molecule has 2 aliphatic heterocycles. The van der Waals surface area contributed by atoms with Crippen molar-refractivity contribution >= 4 is 45.2 Å². The number of piperazine rings is 1. The van der Waals surface area contributed by atoms with Crippen LogP contribution >= 0.6 is 23.2 Å². The number of rotatable bonds is 5. The van der Waals surface area contributed by atoms with Crippen molar-refractivity contribution in [3.05, 3.63) is 28.2 Å². The summed E-state index contributed by atoms with van der Waals surface area (Å²) >= 11 is 12.0. The maximum atomic E-state index is 12.9. The van der Waals surface area contributed by atoms with Crippen molar-refractivity contribution in [3.8, 4) is 0 Å². The predicted molar refractivity (Wildman–Crippen MR) is 108 cm³/mol. The van der Waals surface area contributed by atoms with Crippen molar-refractivity contribution in [3.63, 3.8) is 0 Å². The number of carbonyl (C=O) groups is 2. The Bertz CT molecular complexity index is 961. The van der Waals surface area contributed by atoms with Gasteiger partial charge in [0.15, 0.2) is 0 Å². The third kappa shape index (κ3) is 3.74. The fourth-order valence-electron chi connectivity index (χ4n) is 3.91. The van der Waals surface area contributed by atoms with Crippen LogP contribution in [0.2, 0.25) is 10.0 Å². The Kier molecular flexibility index (Phi) is 5.31. The molecule has 1 aromatic rings. The molecule has 0 bridgehead atoms. The van der Waals surface area contributed by atoms with Gasteiger partial charge in [-0.25, -0.2) is 18.1 Å². The first-order valence-electron chi connectivity index (χ1n) is 9.44. The molecule has 0 aromatic heterocycles. The first-order chi connectivity index (χ1) is 13.6. The molecule has 0 unspecified atom stereocenters. The molecule has 4 rings (SSSR count). The van der Waals surface area contributed by atoms with Gasteiger partial charge in [-0.1, -0.05) is 23.2 Å². The molecule has 3 fully saturated rings. The zero-order valence-corrected chi connectivity index (χ0v) is 18.2. The fraction of sp³-hybridized carbons (Fsp3) is 0.556. The molecule has 1 N–H and O–H groups in total. The van der Waals surface area contributed by atoms with Crippen LogP contribution in [0.25, 0.3) is 0 Å². The average molecular weight is 461 g/mol. The molecule has 3 aliphatic rings. The van der Waals surface area contributed by atoms with Crippen molar-refractivity contribution in [1.29, 1.82) is 0 Å². The van der Waals surface area contributed by atoms with Crippen molar-refractivity contribution in [2.24, 2.45) is 5.92 Å². The van der Waals surface area contributed by atoms with Crippen molar-refractivity contribution in [1.82, 2.24) is 19.4 Å². The van der Waals surface area contributed by atoms with Crippen LogP contribution in [0.4, 0.5) is 4.79 Å². The highest BCUT2D eigenvalue weighted by Gasteiger charge is 2.56. The number of amides is 3. The lowest BCUT2D eigenvalue weighted by Gasteiger charge is -2.35. The first kappa shape index (κ1) is 20.9. The molecule has 29 heavy (non-hydrogen) atoms. The zero-order valence-electron chi connectivity index (χ0n) is 15.9. The molecule has 1 aliphatic carbocycles. The molecule has 11 heteroatoms. The maximum Gasteiger partial charge on any atom is 0.326 e. The third-order valence-corrected chi connectivity index (χ3v) is 8.49. The lowest BCUT2D eigenvalue weighted by Crippen LogP contribution is -2.53. The van der Waals surface area contributed by atoms with Crippen LogP contribution in [-0.4, -0.2) is 72.8 Å². The number of nitrogens with one attached hydrogen (secondary N) is 1. The van der Waals surface area contributed by atoms with E-state index in [9.17, 15) is 18.0 Å². The van der Waals surface area contributed by atoms with E-state index in [-0.39, 0.29) is 47.5 Å². The highest BCUT2D eigenvalue weighted by molar-refractivity contribution is 7.89. The molecule has 2 heterocycles. The Morgan fingerprint density at radius 1 is 1.14 bits per heavy atom. The van der Waals surface area contributed by atoms with Gasteiger partial charge in [-0.2, -0.15) is 4.31 Å². The Morgan fingerprint density at radius 2 is 1.79 bits per heavy atom. The molecular weight excluding hydrogens is 439 g/mol. The molecule has 0 radical (unpaired) electrons. The summed E-state index contributed by atoms with van der Waals surface area (Å²) in [6, 6.07) is 3.96. The number of hydrogen-bond acceptors (Lipinski definition) is 5. The third-order valence-electron chi connectivity index (χ3n) is 5.88. The summed E-state index contributed by atoms with van der Waals surface area (Å²) in [7, 11) is -3.78. The molecule has 158 valence electrons. The Hall–Kier alpha value is -1.39. The Morgan fingerprint density at radius 3 is 2.41 bits per heavy atom. The predicted octanol–water partition coefficient (Wildman–Crippen LogP) is 1.98. The van der Waals surface area contributed by atoms with Crippen LogP contribution in [-0.2, 0) is 14.8 Å². The van der Waals surface area contributed by atoms with E-state index in [1.807, 2.05) is 4.90 Å². The SMILES string of the molecule is C[C@]1(C2CC2)NC(=O)N(CN2CCN(S(=O)(=O)c3cc(Cl)ccc3Cl)CC2)C1=O. The number of nitrogens with zero attached hydrogens (tertiary/aromatic N) is 3. The van der Waals surface area contributed by atoms with E-state index in [1.165, 1.54) is 27.4 Å². The quantitative estimate of drug-likeness (QED) is 0.678. The second-order valence-electron chi connectivity index (χ2n) is 7.88. The number of hydrogen-bond donors (Lipinski definition) is 1. The molecule has 3 amide bonds. The highest BCUT2D eigenvalue weighted by atomic mass is 35.5. The minimum Gasteiger partial charge on any atom is -0.323 e. The van der Waals surface area contributed by atoms with Crippen molar-refractivity contribution in [2.75, 3.05) is 32.8 Å². The van der Waals surface area contributed by atoms with Gasteiger partial charge in [-0.15, -0.1) is 0 Å². The molecule has 1 aromatic carbocycles. The summed E-state index contributed by atoms with van der Waals surface area (Å²) in [5.74, 6) is -0.000791. The van der Waals surface area contributed by atoms with Gasteiger partial charge in [0, 0.05) is 31.2 Å². The number of urea groups is 1. The van der Waals surface area contributed by atoms with E-state index >= 15 is 0 Å². The zero-order chi connectivity index (χ0) is 21.0. The highest BCUT2D eigenvalue weighted by Crippen LogP contribution is 2.42. The fourth-order valence-corrected chi connectivity index (χ4v) is 6.07. The number of halogens is 2. The van der Waals surface area contributed by atoms with Crippen LogP contribution < -0.4 is 5.32 Å². The van der Waals surface area contributed by atoms with Crippen molar-refractivity contribution in [2.45, 2.75) is 30.2 Å². The summed E-state index contributed by atoms with van der Waals surface area (Å²) in [4.78, 5) is 28.2. The summed E-state index contributed by atoms with van der Waals surface area (Å²) in [5, 5.41) is 3.24. The van der Waals surface area contributed by atoms with E-state index in [4.69, 9.17) is 23.2 Å². The van der Waals surface area contributed by atoms with Crippen LogP contribution in [0.3, 0.4) is 0 Å². The molecule has 1 saturated carbocycles. The Labute approximate surface area is 179 Å². The largest absolute Gasteiger partial charge is 0.326 e. The monoisotopic (exact) mass is 460 g/mol. The lowest BCUT2D eigenvalue weighted by molar-refractivity contribution is -0.133. The van der Waals surface area contributed by atoms with E-state index in [0.29, 0.717) is 18.1 Å². The standard InChI is InChI=1S/C18H22Cl2N4O4S/c1-18(12-2-3-12)16(25)24(17(26)21-18)11-22-6-8-23(9-7-22)29(27,28)15-10-13(19)4-5-14(15)20/h4-5,10,12H,2-3,6-9,11H2,1H3,(H,21,26)/t18-/m1/s1. The van der Waals surface area contributed by atoms with Gasteiger partial charge < -0.3 is 5.32 Å². The normalized spacial score (nSPS) is 26.8. The van der Waals surface area contributed by atoms with E-state index < -0.39 is 15.6 Å². The maximum absolute atomic E-state index is 12.9. The minimum absolute atomic E-state index is 0.0191. The Balaban J connectivity index is 1.40. The summed E-state index contributed by atoms with van der Waals surface area (Å²) < 4.78 is 27.2. The van der Waals surface area contributed by atoms with E-state index in [0.717, 1.165) is 12.8 Å². The number of imide groups is 1. The van der Waals surface area contributed by atoms with Crippen LogP contribution in [0.5, 0.6) is 0 Å². The van der Waals surface area contributed by atoms with Gasteiger partial charge in [0.25, 0.3) is 5.91 Å². The smallest absolute Gasteiger partial charge is 0.323 e. The van der Waals surface area contributed by atoms with Gasteiger partial charge in [-0.05, 0) is 43.9 Å². The van der Waals surface area contributed by atoms with Crippen molar-refractivity contribution < 1.29 is 18.0 Å². The van der Waals surface area contributed by atoms with E-state index in [1.54, 1.807) is 6.92 Å². The van der Waals surface area contributed by atoms with Gasteiger partial charge in [-0.3, -0.25) is 9.69 Å². The number of carbonyl (C=O) groups excluding carboxylic acids is 2. The summed E-state index contributed by atoms with van der Waals surface area (Å²) in [6.07, 6.45) is 1.89. The number of benzene rings is 1. The van der Waals surface area contributed by atoms with Crippen LogP contribution in [0.15, 0.2) is 23.1 Å². The van der Waals surface area contributed by atoms with Gasteiger partial charge >= 0.3 is 6.03 Å². The topological polar surface area (TPSA) is 90.0 Å². The number of sulfonamides is 1. The molecule has 1 atom stereocenters. The lowest BCUT2D eigenvalue weighted by atomic mass is 9.96. The average Bonchev–Trinajstić information content (AvgIpc) is 3.50. The van der Waals surface area contributed by atoms with Crippen LogP contribution in [0.1, 0.15) is 19.8 Å². The minimum atomic E-state index is -3.78. The molecule has 8 nitrogen and oxygen atoms in total. The van der Waals surface area contributed by atoms with Gasteiger partial charge in [0.05, 0.1) is 11.7 Å². The second kappa shape index (κ2) is 7.39. The van der Waals surface area contributed by atoms with E-state index in [2.05, 4.69) is 5.32 Å². The molecule has 0 spiro atoms. The molecule has 2 saturated heterocycles. The van der Waals surface area contributed by atoms with Crippen LogP contribution in [0, 0.1) is 5.92 Å². The van der Waals surface area contributed by atoms with Gasteiger partial charge in [0.2, 0.25) is 10.0 Å². The van der Waals surface area contributed by atoms with Gasteiger partial charge in [0.1, 0.15) is 10.4 Å².